The molecule has 3 N–H and O–H groups in total. The largest absolute Gasteiger partial charge is 0.392 e. The van der Waals surface area contributed by atoms with Crippen LogP contribution in [0.2, 0.25) is 0 Å². The van der Waals surface area contributed by atoms with Crippen LogP contribution in [0.1, 0.15) is 57.8 Å². The van der Waals surface area contributed by atoms with E-state index >= 15 is 0 Å². The van der Waals surface area contributed by atoms with Crippen molar-refractivity contribution < 1.29 is 23.3 Å². The van der Waals surface area contributed by atoms with Crippen LogP contribution in [0.3, 0.4) is 0 Å². The number of hydrazine groups is 1. The lowest BCUT2D eigenvalue weighted by Gasteiger charge is -2.22. The Morgan fingerprint density at radius 1 is 1.44 bits per heavy atom. The van der Waals surface area contributed by atoms with Gasteiger partial charge in [-0.2, -0.15) is 4.31 Å². The lowest BCUT2D eigenvalue weighted by molar-refractivity contribution is -0.130. The molecule has 0 aromatic carbocycles. The Morgan fingerprint density at radius 2 is 2.15 bits per heavy atom. The van der Waals surface area contributed by atoms with E-state index in [0.29, 0.717) is 5.76 Å². The molecular weight excluding hydrogens is 372 g/mol. The van der Waals surface area contributed by atoms with Gasteiger partial charge >= 0.3 is 0 Å². The number of carbonyl (C=O) groups is 1. The average Bonchev–Trinajstić information content (AvgIpc) is 3.09. The third-order valence-corrected chi connectivity index (χ3v) is 6.58. The molecule has 2 rings (SSSR count). The Kier molecular flexibility index (Phi) is 8.33. The van der Waals surface area contributed by atoms with Gasteiger partial charge in [0.15, 0.2) is 0 Å². The van der Waals surface area contributed by atoms with Gasteiger partial charge in [0.1, 0.15) is 12.4 Å². The van der Waals surface area contributed by atoms with Crippen LogP contribution < -0.4 is 11.1 Å². The molecule has 0 unspecified atom stereocenters. The molecule has 1 aliphatic carbocycles. The van der Waals surface area contributed by atoms with E-state index in [1.165, 1.54) is 48.5 Å². The molecule has 1 amide bonds. The van der Waals surface area contributed by atoms with E-state index in [9.17, 15) is 13.2 Å². The number of allylic oxidation sites excluding steroid dienone is 1. The topological polar surface area (TPSA) is 111 Å². The fourth-order valence-electron chi connectivity index (χ4n) is 3.64. The first-order chi connectivity index (χ1) is 12.8. The highest BCUT2D eigenvalue weighted by Crippen LogP contribution is 2.31. The Hall–Kier alpha value is -1.36. The summed E-state index contributed by atoms with van der Waals surface area (Å²) in [7, 11) is -1.83. The fourth-order valence-corrected chi connectivity index (χ4v) is 3.97. The van der Waals surface area contributed by atoms with Gasteiger partial charge < -0.3 is 4.84 Å². The second-order valence-corrected chi connectivity index (χ2v) is 9.66. The quantitative estimate of drug-likeness (QED) is 0.375. The normalized spacial score (nSPS) is 19.7. The van der Waals surface area contributed by atoms with E-state index < -0.39 is 15.9 Å². The van der Waals surface area contributed by atoms with E-state index in [-0.39, 0.29) is 19.0 Å². The molecule has 0 spiro atoms. The van der Waals surface area contributed by atoms with Crippen LogP contribution in [0.5, 0.6) is 0 Å². The Morgan fingerprint density at radius 3 is 2.78 bits per heavy atom. The van der Waals surface area contributed by atoms with E-state index in [1.54, 1.807) is 11.7 Å². The summed E-state index contributed by atoms with van der Waals surface area (Å²) in [6, 6.07) is 0. The van der Waals surface area contributed by atoms with Crippen molar-refractivity contribution in [2.45, 2.75) is 57.8 Å². The first-order valence-electron chi connectivity index (χ1n) is 9.54. The highest BCUT2D eigenvalue weighted by Gasteiger charge is 2.27. The summed E-state index contributed by atoms with van der Waals surface area (Å²) in [5.41, 5.74) is 4.34. The molecule has 1 saturated carbocycles. The number of hydroxylamine groups is 1. The van der Waals surface area contributed by atoms with Crippen LogP contribution in [0.15, 0.2) is 12.0 Å². The maximum Gasteiger partial charge on any atom is 0.244 e. The zero-order valence-electron chi connectivity index (χ0n) is 16.2. The van der Waals surface area contributed by atoms with Crippen molar-refractivity contribution >= 4 is 15.9 Å². The lowest BCUT2D eigenvalue weighted by Crippen LogP contribution is -2.40. The average molecular weight is 405 g/mol. The first kappa shape index (κ1) is 21.9. The van der Waals surface area contributed by atoms with Gasteiger partial charge in [0.2, 0.25) is 15.9 Å². The van der Waals surface area contributed by atoms with Crippen LogP contribution in [0.25, 0.3) is 0 Å². The van der Waals surface area contributed by atoms with Crippen molar-refractivity contribution in [1.29, 1.82) is 0 Å². The summed E-state index contributed by atoms with van der Waals surface area (Å²) in [6.45, 7) is 0.0866. The van der Waals surface area contributed by atoms with Gasteiger partial charge in [-0.1, -0.05) is 50.5 Å². The molecule has 0 aromatic rings. The minimum Gasteiger partial charge on any atom is -0.392 e. The van der Waals surface area contributed by atoms with Crippen molar-refractivity contribution in [3.05, 3.63) is 12.0 Å². The molecule has 1 heterocycles. The minimum absolute atomic E-state index is 0.0866. The second-order valence-electron chi connectivity index (χ2n) is 7.57. The third kappa shape index (κ3) is 7.28. The molecule has 1 fully saturated rings. The highest BCUT2D eigenvalue weighted by molar-refractivity contribution is 7.88. The maximum absolute atomic E-state index is 11.7. The smallest absolute Gasteiger partial charge is 0.244 e. The maximum atomic E-state index is 11.7. The SMILES string of the molecule is CN(CN1C=C([C@H](CCCC2CCCCC2)CC(=O)NO)ON1)S(C)(=O)=O. The molecule has 27 heavy (non-hydrogen) atoms. The lowest BCUT2D eigenvalue weighted by atomic mass is 9.84. The molecule has 1 aliphatic heterocycles. The standard InChI is InChI=1S/C17H32N4O5S/c1-20(27(2,24)25)13-21-12-16(26-19-21)15(11-17(22)18-23)10-6-9-14-7-4-3-5-8-14/h12,14-15,19,23H,3-11,13H2,1-2H3,(H,18,22)/t15-/m1/s1. The highest BCUT2D eigenvalue weighted by atomic mass is 32.2. The van der Waals surface area contributed by atoms with Gasteiger partial charge in [0.05, 0.1) is 12.5 Å². The molecule has 156 valence electrons. The predicted octanol–water partition coefficient (Wildman–Crippen LogP) is 1.69. The van der Waals surface area contributed by atoms with Crippen LogP contribution >= 0.6 is 0 Å². The summed E-state index contributed by atoms with van der Waals surface area (Å²) >= 11 is 0. The molecule has 10 heteroatoms. The summed E-state index contributed by atoms with van der Waals surface area (Å²) in [4.78, 5) is 17.2. The summed E-state index contributed by atoms with van der Waals surface area (Å²) < 4.78 is 24.3. The first-order valence-corrected chi connectivity index (χ1v) is 11.4. The van der Waals surface area contributed by atoms with Gasteiger partial charge in [-0.25, -0.2) is 13.9 Å². The fraction of sp³-hybridized carbons (Fsp3) is 0.824. The van der Waals surface area contributed by atoms with Crippen LogP contribution in [0, 0.1) is 11.8 Å². The Labute approximate surface area is 161 Å². The van der Waals surface area contributed by atoms with Crippen molar-refractivity contribution in [3.63, 3.8) is 0 Å². The molecular formula is C17H32N4O5S. The number of nitrogens with one attached hydrogen (secondary N) is 2. The second kappa shape index (κ2) is 10.3. The van der Waals surface area contributed by atoms with E-state index in [1.807, 2.05) is 0 Å². The van der Waals surface area contributed by atoms with Gasteiger partial charge in [-0.3, -0.25) is 15.0 Å². The number of amides is 1. The van der Waals surface area contributed by atoms with E-state index in [0.717, 1.165) is 31.4 Å². The Balaban J connectivity index is 1.91. The number of carbonyl (C=O) groups excluding carboxylic acids is 1. The van der Waals surface area contributed by atoms with Crippen molar-refractivity contribution in [1.82, 2.24) is 20.4 Å². The molecule has 0 bridgehead atoms. The molecule has 2 aliphatic rings. The van der Waals surface area contributed by atoms with E-state index in [2.05, 4.69) is 5.59 Å². The van der Waals surface area contributed by atoms with E-state index in [4.69, 9.17) is 10.0 Å². The zero-order valence-corrected chi connectivity index (χ0v) is 17.0. The van der Waals surface area contributed by atoms with Crippen LogP contribution in [-0.4, -0.2) is 48.8 Å². The summed E-state index contributed by atoms with van der Waals surface area (Å²) in [5, 5.41) is 10.4. The minimum atomic E-state index is -3.31. The van der Waals surface area contributed by atoms with Crippen LogP contribution in [0.4, 0.5) is 0 Å². The van der Waals surface area contributed by atoms with Gasteiger partial charge in [-0.05, 0) is 12.3 Å². The van der Waals surface area contributed by atoms with Crippen molar-refractivity contribution in [2.75, 3.05) is 20.0 Å². The monoisotopic (exact) mass is 404 g/mol. The molecule has 9 nitrogen and oxygen atoms in total. The van der Waals surface area contributed by atoms with Gasteiger partial charge in [-0.15, -0.1) is 0 Å². The predicted molar refractivity (Wildman–Crippen MR) is 100 cm³/mol. The third-order valence-electron chi connectivity index (χ3n) is 5.33. The van der Waals surface area contributed by atoms with Gasteiger partial charge in [0, 0.05) is 19.4 Å². The summed E-state index contributed by atoms with van der Waals surface area (Å²) in [6.07, 6.45) is 12.3. The Bertz CT molecular complexity index is 619. The number of rotatable bonds is 10. The van der Waals surface area contributed by atoms with Crippen molar-refractivity contribution in [3.8, 4) is 0 Å². The molecule has 0 aromatic heterocycles. The number of sulfonamides is 1. The van der Waals surface area contributed by atoms with Gasteiger partial charge in [0.25, 0.3) is 0 Å². The summed E-state index contributed by atoms with van der Waals surface area (Å²) in [5.74, 6) is 0.697. The molecule has 1 atom stereocenters. The number of nitrogens with zero attached hydrogens (tertiary/aromatic N) is 2. The number of hydrogen-bond donors (Lipinski definition) is 3. The number of hydrogen-bond acceptors (Lipinski definition) is 7. The zero-order chi connectivity index (χ0) is 19.9. The van der Waals surface area contributed by atoms with Crippen LogP contribution in [-0.2, 0) is 19.7 Å². The molecule has 0 radical (unpaired) electrons. The molecule has 0 saturated heterocycles. The van der Waals surface area contributed by atoms with Crippen molar-refractivity contribution in [2.24, 2.45) is 11.8 Å².